The molecule has 0 aliphatic rings. The SMILES string of the molecule is CONCc1nccn1C(F)F. The van der Waals surface area contributed by atoms with Crippen LogP contribution in [0.1, 0.15) is 12.4 Å². The number of imidazole rings is 1. The first-order valence-corrected chi connectivity index (χ1v) is 3.31. The van der Waals surface area contributed by atoms with E-state index in [9.17, 15) is 8.78 Å². The van der Waals surface area contributed by atoms with Gasteiger partial charge in [0.15, 0.2) is 0 Å². The van der Waals surface area contributed by atoms with Gasteiger partial charge in [-0.2, -0.15) is 14.3 Å². The van der Waals surface area contributed by atoms with Gasteiger partial charge in [0.2, 0.25) is 0 Å². The first kappa shape index (κ1) is 9.08. The number of hydrogen-bond donors (Lipinski definition) is 1. The fourth-order valence-corrected chi connectivity index (χ4v) is 0.795. The van der Waals surface area contributed by atoms with Crippen LogP contribution in [0.15, 0.2) is 12.4 Å². The molecule has 1 rings (SSSR count). The number of aromatic nitrogens is 2. The second kappa shape index (κ2) is 4.13. The molecule has 0 atom stereocenters. The summed E-state index contributed by atoms with van der Waals surface area (Å²) < 4.78 is 25.1. The van der Waals surface area contributed by atoms with Crippen molar-refractivity contribution in [1.29, 1.82) is 0 Å². The Bertz CT molecular complexity index is 238. The first-order chi connectivity index (χ1) is 5.75. The average Bonchev–Trinajstić information content (AvgIpc) is 2.48. The fraction of sp³-hybridized carbons (Fsp3) is 0.500. The summed E-state index contributed by atoms with van der Waals surface area (Å²) in [5, 5.41) is 0. The Kier molecular flexibility index (Phi) is 3.12. The van der Waals surface area contributed by atoms with E-state index in [-0.39, 0.29) is 12.4 Å². The van der Waals surface area contributed by atoms with Crippen LogP contribution >= 0.6 is 0 Å². The molecule has 0 radical (unpaired) electrons. The molecule has 12 heavy (non-hydrogen) atoms. The van der Waals surface area contributed by atoms with Gasteiger partial charge in [-0.3, -0.25) is 4.57 Å². The monoisotopic (exact) mass is 177 g/mol. The molecule has 0 spiro atoms. The van der Waals surface area contributed by atoms with Crippen LogP contribution in [0.3, 0.4) is 0 Å². The lowest BCUT2D eigenvalue weighted by atomic mass is 10.6. The van der Waals surface area contributed by atoms with Crippen molar-refractivity contribution >= 4 is 0 Å². The zero-order chi connectivity index (χ0) is 8.97. The van der Waals surface area contributed by atoms with Gasteiger partial charge in [-0.1, -0.05) is 0 Å². The lowest BCUT2D eigenvalue weighted by Gasteiger charge is -2.05. The van der Waals surface area contributed by atoms with Gasteiger partial charge in [0.05, 0.1) is 13.7 Å². The molecule has 1 aromatic heterocycles. The maximum atomic E-state index is 12.1. The quantitative estimate of drug-likeness (QED) is 0.695. The van der Waals surface area contributed by atoms with Gasteiger partial charge in [-0.25, -0.2) is 4.98 Å². The van der Waals surface area contributed by atoms with E-state index in [4.69, 9.17) is 0 Å². The third-order valence-corrected chi connectivity index (χ3v) is 1.33. The van der Waals surface area contributed by atoms with E-state index in [1.165, 1.54) is 19.5 Å². The van der Waals surface area contributed by atoms with E-state index in [0.29, 0.717) is 0 Å². The summed E-state index contributed by atoms with van der Waals surface area (Å²) in [5.41, 5.74) is 2.43. The van der Waals surface area contributed by atoms with Crippen molar-refractivity contribution in [3.05, 3.63) is 18.2 Å². The molecule has 0 amide bonds. The third kappa shape index (κ3) is 1.99. The Labute approximate surface area is 68.1 Å². The van der Waals surface area contributed by atoms with Crippen molar-refractivity contribution in [1.82, 2.24) is 15.0 Å². The van der Waals surface area contributed by atoms with Crippen LogP contribution in [0.5, 0.6) is 0 Å². The van der Waals surface area contributed by atoms with Crippen LogP contribution < -0.4 is 5.48 Å². The minimum atomic E-state index is -2.55. The second-order valence-corrected chi connectivity index (χ2v) is 2.05. The summed E-state index contributed by atoms with van der Waals surface area (Å²) in [5.74, 6) is 0.242. The molecule has 1 heterocycles. The van der Waals surface area contributed by atoms with Crippen molar-refractivity contribution in [3.63, 3.8) is 0 Å². The van der Waals surface area contributed by atoms with Crippen molar-refractivity contribution in [2.45, 2.75) is 13.1 Å². The molecular weight excluding hydrogens is 168 g/mol. The maximum Gasteiger partial charge on any atom is 0.319 e. The number of nitrogens with one attached hydrogen (secondary N) is 1. The summed E-state index contributed by atoms with van der Waals surface area (Å²) >= 11 is 0. The molecule has 0 fully saturated rings. The standard InChI is InChI=1S/C6H9F2N3O/c1-12-10-4-5-9-2-3-11(5)6(7)8/h2-3,6,10H,4H2,1H3. The van der Waals surface area contributed by atoms with E-state index < -0.39 is 6.55 Å². The third-order valence-electron chi connectivity index (χ3n) is 1.33. The number of alkyl halides is 2. The zero-order valence-electron chi connectivity index (χ0n) is 6.50. The van der Waals surface area contributed by atoms with Crippen molar-refractivity contribution in [2.24, 2.45) is 0 Å². The van der Waals surface area contributed by atoms with Crippen molar-refractivity contribution < 1.29 is 13.6 Å². The predicted octanol–water partition coefficient (Wildman–Crippen LogP) is 0.929. The Hall–Kier alpha value is -1.01. The van der Waals surface area contributed by atoms with Gasteiger partial charge in [0, 0.05) is 12.4 Å². The Morgan fingerprint density at radius 1 is 1.75 bits per heavy atom. The molecule has 1 N–H and O–H groups in total. The Morgan fingerprint density at radius 3 is 3.08 bits per heavy atom. The van der Waals surface area contributed by atoms with E-state index >= 15 is 0 Å². The van der Waals surface area contributed by atoms with Gasteiger partial charge in [-0.05, 0) is 0 Å². The van der Waals surface area contributed by atoms with Crippen LogP contribution in [0.25, 0.3) is 0 Å². The molecule has 0 aliphatic heterocycles. The molecule has 0 unspecified atom stereocenters. The van der Waals surface area contributed by atoms with Gasteiger partial charge < -0.3 is 4.84 Å². The highest BCUT2D eigenvalue weighted by molar-refractivity contribution is 4.91. The summed E-state index contributed by atoms with van der Waals surface area (Å²) in [4.78, 5) is 8.22. The molecule has 0 bridgehead atoms. The first-order valence-electron chi connectivity index (χ1n) is 3.31. The molecule has 0 aromatic carbocycles. The number of nitrogens with zero attached hydrogens (tertiary/aromatic N) is 2. The molecule has 1 aromatic rings. The number of halogens is 2. The van der Waals surface area contributed by atoms with E-state index in [2.05, 4.69) is 15.3 Å². The summed E-state index contributed by atoms with van der Waals surface area (Å²) in [6.45, 7) is -2.39. The number of hydrogen-bond acceptors (Lipinski definition) is 3. The average molecular weight is 177 g/mol. The van der Waals surface area contributed by atoms with E-state index in [1.54, 1.807) is 0 Å². The highest BCUT2D eigenvalue weighted by atomic mass is 19.3. The normalized spacial score (nSPS) is 11.0. The summed E-state index contributed by atoms with van der Waals surface area (Å²) in [7, 11) is 1.41. The Morgan fingerprint density at radius 2 is 2.50 bits per heavy atom. The van der Waals surface area contributed by atoms with Gasteiger partial charge in [-0.15, -0.1) is 0 Å². The molecular formula is C6H9F2N3O. The molecule has 6 heteroatoms. The Balaban J connectivity index is 2.64. The molecule has 0 saturated heterocycles. The van der Waals surface area contributed by atoms with Crippen LogP contribution in [0, 0.1) is 0 Å². The minimum absolute atomic E-state index is 0.161. The van der Waals surface area contributed by atoms with Gasteiger partial charge in [0.25, 0.3) is 0 Å². The van der Waals surface area contributed by atoms with Crippen molar-refractivity contribution in [3.8, 4) is 0 Å². The van der Waals surface area contributed by atoms with Crippen LogP contribution in [-0.4, -0.2) is 16.7 Å². The lowest BCUT2D eigenvalue weighted by molar-refractivity contribution is 0.0552. The van der Waals surface area contributed by atoms with E-state index in [0.717, 1.165) is 4.57 Å². The number of hydroxylamine groups is 1. The topological polar surface area (TPSA) is 39.1 Å². The highest BCUT2D eigenvalue weighted by Gasteiger charge is 2.09. The van der Waals surface area contributed by atoms with Crippen LogP contribution in [0.4, 0.5) is 8.78 Å². The predicted molar refractivity (Wildman–Crippen MR) is 37.3 cm³/mol. The zero-order valence-corrected chi connectivity index (χ0v) is 6.50. The van der Waals surface area contributed by atoms with Crippen LogP contribution in [-0.2, 0) is 11.4 Å². The van der Waals surface area contributed by atoms with Gasteiger partial charge in [0.1, 0.15) is 5.82 Å². The van der Waals surface area contributed by atoms with Crippen LogP contribution in [0.2, 0.25) is 0 Å². The molecule has 68 valence electrons. The lowest BCUT2D eigenvalue weighted by Crippen LogP contribution is -2.15. The summed E-state index contributed by atoms with van der Waals surface area (Å²) in [6.07, 6.45) is 2.54. The largest absolute Gasteiger partial charge is 0.319 e. The number of rotatable bonds is 4. The second-order valence-electron chi connectivity index (χ2n) is 2.05. The molecule has 0 saturated carbocycles. The smallest absolute Gasteiger partial charge is 0.305 e. The van der Waals surface area contributed by atoms with Gasteiger partial charge >= 0.3 is 6.55 Å². The van der Waals surface area contributed by atoms with Crippen molar-refractivity contribution in [2.75, 3.05) is 7.11 Å². The fourth-order valence-electron chi connectivity index (χ4n) is 0.795. The molecule has 0 aliphatic carbocycles. The highest BCUT2D eigenvalue weighted by Crippen LogP contribution is 2.11. The molecule has 4 nitrogen and oxygen atoms in total. The maximum absolute atomic E-state index is 12.1. The summed E-state index contributed by atoms with van der Waals surface area (Å²) in [6, 6.07) is 0. The minimum Gasteiger partial charge on any atom is -0.305 e. The van der Waals surface area contributed by atoms with E-state index in [1.807, 2.05) is 0 Å².